The molecular weight excluding hydrogens is 341 g/mol. The van der Waals surface area contributed by atoms with Gasteiger partial charge >= 0.3 is 0 Å². The predicted octanol–water partition coefficient (Wildman–Crippen LogP) is 4.50. The number of ether oxygens (including phenoxy) is 1. The number of hydrogen-bond donors (Lipinski definition) is 1. The van der Waals surface area contributed by atoms with Crippen LogP contribution in [0.5, 0.6) is 0 Å². The molecule has 1 aliphatic heterocycles. The van der Waals surface area contributed by atoms with Crippen LogP contribution in [0.2, 0.25) is 5.02 Å². The fourth-order valence-corrected chi connectivity index (χ4v) is 6.31. The number of hydrogen-bond acceptors (Lipinski definition) is 2. The van der Waals surface area contributed by atoms with Crippen LogP contribution in [0.25, 0.3) is 0 Å². The van der Waals surface area contributed by atoms with Gasteiger partial charge in [-0.25, -0.2) is 4.39 Å². The lowest BCUT2D eigenvalue weighted by Crippen LogP contribution is -2.58. The zero-order valence-electron chi connectivity index (χ0n) is 14.9. The summed E-state index contributed by atoms with van der Waals surface area (Å²) in [6.45, 7) is 6.80. The Hall–Kier alpha value is -1.13. The minimum absolute atomic E-state index is 0.0293. The van der Waals surface area contributed by atoms with Gasteiger partial charge in [0.1, 0.15) is 5.82 Å². The number of amides is 1. The van der Waals surface area contributed by atoms with Crippen molar-refractivity contribution in [2.45, 2.75) is 52.2 Å². The first-order valence-electron chi connectivity index (χ1n) is 9.09. The lowest BCUT2D eigenvalue weighted by atomic mass is 9.59. The highest BCUT2D eigenvalue weighted by Gasteiger charge is 2.68. The largest absolute Gasteiger partial charge is 0.373 e. The molecule has 3 aliphatic rings. The Morgan fingerprint density at radius 1 is 1.40 bits per heavy atom. The average molecular weight is 366 g/mol. The maximum atomic E-state index is 13.5. The quantitative estimate of drug-likeness (QED) is 0.838. The van der Waals surface area contributed by atoms with E-state index in [-0.39, 0.29) is 34.7 Å². The van der Waals surface area contributed by atoms with E-state index in [0.717, 1.165) is 24.8 Å². The standard InChI is InChI=1S/C20H25ClFNO2/c1-11(24)23-18-19(2,3)12-8-15-17(25-7-6-20(15,18)10-12)14-5-4-13(22)9-16(14)21/h4-5,9,12,15,17-18H,6-8,10H2,1-3H3,(H,23,24)/t12-,15-,17-,18+,20?/m1/s1. The van der Waals surface area contributed by atoms with Crippen LogP contribution in [0.4, 0.5) is 4.39 Å². The second-order valence-electron chi connectivity index (χ2n) is 8.64. The van der Waals surface area contributed by atoms with Gasteiger partial charge in [0.05, 0.1) is 6.10 Å². The Labute approximate surface area is 153 Å². The highest BCUT2D eigenvalue weighted by atomic mass is 35.5. The van der Waals surface area contributed by atoms with Crippen LogP contribution in [-0.4, -0.2) is 18.6 Å². The van der Waals surface area contributed by atoms with Crippen LogP contribution in [0, 0.1) is 28.5 Å². The van der Waals surface area contributed by atoms with Crippen LogP contribution >= 0.6 is 11.6 Å². The molecule has 1 saturated heterocycles. The number of carbonyl (C=O) groups is 1. The molecule has 2 aliphatic carbocycles. The molecule has 1 unspecified atom stereocenters. The van der Waals surface area contributed by atoms with Crippen LogP contribution in [0.15, 0.2) is 18.2 Å². The molecule has 1 aromatic rings. The topological polar surface area (TPSA) is 38.3 Å². The lowest BCUT2D eigenvalue weighted by molar-refractivity contribution is -0.135. The smallest absolute Gasteiger partial charge is 0.217 e. The molecule has 2 bridgehead atoms. The number of halogens is 2. The van der Waals surface area contributed by atoms with Crippen molar-refractivity contribution < 1.29 is 13.9 Å². The SMILES string of the molecule is CC(=O)N[C@H]1C(C)(C)[C@@H]2C[C@@H]3[C@@H](c4ccc(F)cc4Cl)OCCC31C2. The van der Waals surface area contributed by atoms with Gasteiger partial charge in [-0.05, 0) is 59.6 Å². The zero-order chi connectivity index (χ0) is 18.0. The number of nitrogens with one attached hydrogen (secondary N) is 1. The van der Waals surface area contributed by atoms with Gasteiger partial charge in [-0.2, -0.15) is 0 Å². The summed E-state index contributed by atoms with van der Waals surface area (Å²) in [5.74, 6) is 0.558. The van der Waals surface area contributed by atoms with Gasteiger partial charge in [-0.1, -0.05) is 31.5 Å². The molecule has 5 heteroatoms. The van der Waals surface area contributed by atoms with E-state index >= 15 is 0 Å². The van der Waals surface area contributed by atoms with E-state index in [4.69, 9.17) is 16.3 Å². The summed E-state index contributed by atoms with van der Waals surface area (Å²) < 4.78 is 19.6. The highest BCUT2D eigenvalue weighted by molar-refractivity contribution is 6.31. The molecule has 5 atom stereocenters. The first-order valence-corrected chi connectivity index (χ1v) is 9.47. The molecule has 0 aromatic heterocycles. The Morgan fingerprint density at radius 2 is 2.16 bits per heavy atom. The van der Waals surface area contributed by atoms with Gasteiger partial charge in [0.25, 0.3) is 0 Å². The van der Waals surface area contributed by atoms with E-state index in [1.807, 2.05) is 0 Å². The van der Waals surface area contributed by atoms with Crippen molar-refractivity contribution in [3.05, 3.63) is 34.6 Å². The van der Waals surface area contributed by atoms with E-state index in [1.165, 1.54) is 12.1 Å². The van der Waals surface area contributed by atoms with Crippen LogP contribution in [0.1, 0.15) is 51.7 Å². The Bertz CT molecular complexity index is 722. The molecule has 1 N–H and O–H groups in total. The van der Waals surface area contributed by atoms with Gasteiger partial charge in [-0.3, -0.25) is 4.79 Å². The summed E-state index contributed by atoms with van der Waals surface area (Å²) in [5.41, 5.74) is 0.996. The van der Waals surface area contributed by atoms with Crippen LogP contribution in [-0.2, 0) is 9.53 Å². The van der Waals surface area contributed by atoms with E-state index in [9.17, 15) is 9.18 Å². The van der Waals surface area contributed by atoms with Crippen molar-refractivity contribution in [2.75, 3.05) is 6.61 Å². The number of rotatable bonds is 2. The van der Waals surface area contributed by atoms with Gasteiger partial charge in [0, 0.05) is 24.6 Å². The van der Waals surface area contributed by atoms with Crippen LogP contribution < -0.4 is 5.32 Å². The maximum absolute atomic E-state index is 13.5. The fourth-order valence-electron chi connectivity index (χ4n) is 6.03. The van der Waals surface area contributed by atoms with E-state index in [1.54, 1.807) is 13.0 Å². The summed E-state index contributed by atoms with van der Waals surface area (Å²) in [6.07, 6.45) is 3.02. The molecule has 4 rings (SSSR count). The molecule has 25 heavy (non-hydrogen) atoms. The Kier molecular flexibility index (Phi) is 3.93. The molecule has 3 fully saturated rings. The second-order valence-corrected chi connectivity index (χ2v) is 9.05. The number of benzene rings is 1. The molecule has 2 saturated carbocycles. The summed E-state index contributed by atoms with van der Waals surface area (Å²) >= 11 is 6.34. The van der Waals surface area contributed by atoms with Crippen LogP contribution in [0.3, 0.4) is 0 Å². The van der Waals surface area contributed by atoms with Crippen molar-refractivity contribution in [3.63, 3.8) is 0 Å². The minimum Gasteiger partial charge on any atom is -0.373 e. The molecule has 1 aromatic carbocycles. The fraction of sp³-hybridized carbons (Fsp3) is 0.650. The molecular formula is C20H25ClFNO2. The molecule has 0 radical (unpaired) electrons. The molecule has 3 nitrogen and oxygen atoms in total. The first kappa shape index (κ1) is 17.3. The normalized spacial score (nSPS) is 38.4. The Morgan fingerprint density at radius 3 is 2.84 bits per heavy atom. The summed E-state index contributed by atoms with van der Waals surface area (Å²) in [5, 5.41) is 3.69. The van der Waals surface area contributed by atoms with Crippen molar-refractivity contribution in [1.82, 2.24) is 5.32 Å². The van der Waals surface area contributed by atoms with Crippen molar-refractivity contribution in [3.8, 4) is 0 Å². The lowest BCUT2D eigenvalue weighted by Gasteiger charge is -2.53. The predicted molar refractivity (Wildman–Crippen MR) is 94.8 cm³/mol. The van der Waals surface area contributed by atoms with Crippen molar-refractivity contribution in [1.29, 1.82) is 0 Å². The van der Waals surface area contributed by atoms with Gasteiger partial charge in [0.2, 0.25) is 5.91 Å². The maximum Gasteiger partial charge on any atom is 0.217 e. The second kappa shape index (κ2) is 5.68. The third-order valence-corrected chi connectivity index (χ3v) is 7.45. The first-order chi connectivity index (χ1) is 11.8. The monoisotopic (exact) mass is 365 g/mol. The van der Waals surface area contributed by atoms with Gasteiger partial charge < -0.3 is 10.1 Å². The summed E-state index contributed by atoms with van der Waals surface area (Å²) in [7, 11) is 0. The summed E-state index contributed by atoms with van der Waals surface area (Å²) in [6, 6.07) is 4.72. The number of fused-ring (bicyclic) bond motifs is 1. The van der Waals surface area contributed by atoms with E-state index in [2.05, 4.69) is 19.2 Å². The van der Waals surface area contributed by atoms with Gasteiger partial charge in [-0.15, -0.1) is 0 Å². The number of carbonyl (C=O) groups excluding carboxylic acids is 1. The molecule has 1 amide bonds. The van der Waals surface area contributed by atoms with Gasteiger partial charge in [0.15, 0.2) is 0 Å². The minimum atomic E-state index is -0.329. The summed E-state index contributed by atoms with van der Waals surface area (Å²) in [4.78, 5) is 11.9. The highest BCUT2D eigenvalue weighted by Crippen LogP contribution is 2.70. The zero-order valence-corrected chi connectivity index (χ0v) is 15.7. The van der Waals surface area contributed by atoms with E-state index in [0.29, 0.717) is 23.5 Å². The Balaban J connectivity index is 1.73. The molecule has 1 heterocycles. The average Bonchev–Trinajstić information content (AvgIpc) is 3.00. The van der Waals surface area contributed by atoms with Crippen molar-refractivity contribution in [2.24, 2.45) is 22.7 Å². The molecule has 1 spiro atoms. The molecule has 136 valence electrons. The van der Waals surface area contributed by atoms with E-state index < -0.39 is 0 Å². The third-order valence-electron chi connectivity index (χ3n) is 7.12. The van der Waals surface area contributed by atoms with Crippen molar-refractivity contribution >= 4 is 17.5 Å². The third kappa shape index (κ3) is 2.44.